The Bertz CT molecular complexity index is 1280. The van der Waals surface area contributed by atoms with E-state index >= 15 is 0 Å². The minimum Gasteiger partial charge on any atom is -0.379 e. The van der Waals surface area contributed by atoms with E-state index < -0.39 is 0 Å². The molecule has 35 heavy (non-hydrogen) atoms. The van der Waals surface area contributed by atoms with Crippen molar-refractivity contribution in [1.82, 2.24) is 35.0 Å². The van der Waals surface area contributed by atoms with E-state index in [1.54, 1.807) is 29.9 Å². The van der Waals surface area contributed by atoms with E-state index in [0.717, 1.165) is 77.0 Å². The van der Waals surface area contributed by atoms with Crippen molar-refractivity contribution in [3.05, 3.63) is 47.6 Å². The fraction of sp³-hybridized carbons (Fsp3) is 0.417. The number of fused-ring (bicyclic) bond motifs is 1. The molecule has 4 aromatic rings. The molecule has 1 aliphatic heterocycles. The van der Waals surface area contributed by atoms with Gasteiger partial charge in [0.25, 0.3) is 0 Å². The molecule has 11 heteroatoms. The van der Waals surface area contributed by atoms with Crippen molar-refractivity contribution in [1.29, 1.82) is 0 Å². The molecule has 1 saturated carbocycles. The summed E-state index contributed by atoms with van der Waals surface area (Å²) in [6, 6.07) is 5.84. The molecule has 0 unspecified atom stereocenters. The first-order valence-electron chi connectivity index (χ1n) is 12.0. The van der Waals surface area contributed by atoms with Gasteiger partial charge in [-0.15, -0.1) is 10.2 Å². The largest absolute Gasteiger partial charge is 0.379 e. The maximum absolute atomic E-state index is 5.40. The maximum atomic E-state index is 5.40. The Morgan fingerprint density at radius 3 is 2.54 bits per heavy atom. The second-order valence-corrected chi connectivity index (χ2v) is 9.92. The summed E-state index contributed by atoms with van der Waals surface area (Å²) in [6.07, 6.45) is 10.4. The molecule has 0 radical (unpaired) electrons. The third-order valence-electron chi connectivity index (χ3n) is 6.38. The van der Waals surface area contributed by atoms with Gasteiger partial charge >= 0.3 is 0 Å². The average Bonchev–Trinajstić information content (AvgIpc) is 3.58. The Morgan fingerprint density at radius 1 is 0.914 bits per heavy atom. The molecular formula is C24H27N9OS. The first kappa shape index (κ1) is 22.2. The lowest BCUT2D eigenvalue weighted by Gasteiger charge is -2.25. The monoisotopic (exact) mass is 489 g/mol. The summed E-state index contributed by atoms with van der Waals surface area (Å²) in [5.41, 5.74) is 3.23. The Hall–Kier alpha value is -3.28. The van der Waals surface area contributed by atoms with Crippen molar-refractivity contribution in [3.8, 4) is 0 Å². The Morgan fingerprint density at radius 2 is 1.71 bits per heavy atom. The van der Waals surface area contributed by atoms with Gasteiger partial charge in [0.05, 0.1) is 60.8 Å². The lowest BCUT2D eigenvalue weighted by atomic mass is 10.1. The van der Waals surface area contributed by atoms with Crippen LogP contribution in [-0.2, 0) is 11.3 Å². The van der Waals surface area contributed by atoms with Crippen LogP contribution in [0.2, 0.25) is 0 Å². The quantitative estimate of drug-likeness (QED) is 0.390. The van der Waals surface area contributed by atoms with Crippen LogP contribution in [0.1, 0.15) is 42.4 Å². The van der Waals surface area contributed by atoms with Gasteiger partial charge in [0, 0.05) is 19.0 Å². The molecule has 0 spiro atoms. The van der Waals surface area contributed by atoms with Crippen LogP contribution in [-0.4, -0.2) is 61.3 Å². The highest BCUT2D eigenvalue weighted by Gasteiger charge is 2.21. The van der Waals surface area contributed by atoms with Gasteiger partial charge in [0.15, 0.2) is 0 Å². The predicted octanol–water partition coefficient (Wildman–Crippen LogP) is 4.25. The number of hydrogen-bond acceptors (Lipinski definition) is 11. The van der Waals surface area contributed by atoms with E-state index in [2.05, 4.69) is 40.7 Å². The van der Waals surface area contributed by atoms with Gasteiger partial charge < -0.3 is 15.4 Å². The number of rotatable bonds is 7. The van der Waals surface area contributed by atoms with E-state index in [1.165, 1.54) is 25.7 Å². The van der Waals surface area contributed by atoms with Gasteiger partial charge in [0.2, 0.25) is 5.13 Å². The van der Waals surface area contributed by atoms with Crippen LogP contribution < -0.4 is 10.6 Å². The fourth-order valence-corrected chi connectivity index (χ4v) is 5.42. The SMILES string of the molecule is c1nc(CN2CCOCC2)ncc1Nc1cnc2ccc(Nc3nnc(C4CCCC4)s3)nc2c1. The molecule has 2 fully saturated rings. The number of hydrogen-bond donors (Lipinski definition) is 2. The van der Waals surface area contributed by atoms with Crippen molar-refractivity contribution < 1.29 is 4.74 Å². The number of aromatic nitrogens is 6. The van der Waals surface area contributed by atoms with Crippen molar-refractivity contribution in [3.63, 3.8) is 0 Å². The molecule has 0 aromatic carbocycles. The van der Waals surface area contributed by atoms with Gasteiger partial charge in [-0.1, -0.05) is 24.2 Å². The molecule has 180 valence electrons. The van der Waals surface area contributed by atoms with Crippen molar-refractivity contribution >= 4 is 44.7 Å². The Labute approximate surface area is 207 Å². The minimum atomic E-state index is 0.558. The summed E-state index contributed by atoms with van der Waals surface area (Å²) in [7, 11) is 0. The van der Waals surface area contributed by atoms with Crippen LogP contribution in [0.4, 0.5) is 22.3 Å². The number of anilines is 4. The highest BCUT2D eigenvalue weighted by molar-refractivity contribution is 7.15. The molecule has 6 rings (SSSR count). The molecule has 0 atom stereocenters. The van der Waals surface area contributed by atoms with Crippen LogP contribution in [0.5, 0.6) is 0 Å². The number of nitrogens with one attached hydrogen (secondary N) is 2. The predicted molar refractivity (Wildman–Crippen MR) is 135 cm³/mol. The van der Waals surface area contributed by atoms with E-state index in [4.69, 9.17) is 9.72 Å². The summed E-state index contributed by atoms with van der Waals surface area (Å²) in [5, 5.41) is 17.2. The van der Waals surface area contributed by atoms with Crippen LogP contribution >= 0.6 is 11.3 Å². The topological polar surface area (TPSA) is 114 Å². The fourth-order valence-electron chi connectivity index (χ4n) is 4.50. The second kappa shape index (κ2) is 10.1. The van der Waals surface area contributed by atoms with Crippen molar-refractivity contribution in [2.24, 2.45) is 0 Å². The smallest absolute Gasteiger partial charge is 0.211 e. The number of ether oxygens (including phenoxy) is 1. The first-order valence-corrected chi connectivity index (χ1v) is 12.9. The third kappa shape index (κ3) is 5.37. The summed E-state index contributed by atoms with van der Waals surface area (Å²) in [5.74, 6) is 2.09. The zero-order valence-electron chi connectivity index (χ0n) is 19.4. The van der Waals surface area contributed by atoms with Crippen LogP contribution in [0.3, 0.4) is 0 Å². The third-order valence-corrected chi connectivity index (χ3v) is 7.38. The molecule has 4 aromatic heterocycles. The lowest BCUT2D eigenvalue weighted by molar-refractivity contribution is 0.0330. The van der Waals surface area contributed by atoms with E-state index in [1.807, 2.05) is 18.2 Å². The molecule has 2 aliphatic rings. The standard InChI is InChI=1S/C24H27N9OS/c1-2-4-16(3-1)23-31-32-24(35-23)30-21-6-5-19-20(29-21)11-17(12-25-19)28-18-13-26-22(27-14-18)15-33-7-9-34-10-8-33/h5-6,11-14,16,28H,1-4,7-10,15H2,(H,29,30,32). The molecule has 10 nitrogen and oxygen atoms in total. The van der Waals surface area contributed by atoms with Gasteiger partial charge in [0.1, 0.15) is 16.6 Å². The summed E-state index contributed by atoms with van der Waals surface area (Å²) < 4.78 is 5.40. The Kier molecular flexibility index (Phi) is 6.43. The highest BCUT2D eigenvalue weighted by atomic mass is 32.1. The number of pyridine rings is 2. The van der Waals surface area contributed by atoms with Gasteiger partial charge in [-0.05, 0) is 31.0 Å². The molecule has 1 aliphatic carbocycles. The molecule has 0 bridgehead atoms. The van der Waals surface area contributed by atoms with Gasteiger partial charge in [-0.2, -0.15) is 0 Å². The van der Waals surface area contributed by atoms with E-state index in [0.29, 0.717) is 5.92 Å². The molecule has 1 saturated heterocycles. The maximum Gasteiger partial charge on any atom is 0.211 e. The molecule has 0 amide bonds. The Balaban J connectivity index is 1.12. The van der Waals surface area contributed by atoms with Gasteiger partial charge in [-0.25, -0.2) is 15.0 Å². The van der Waals surface area contributed by atoms with Crippen molar-refractivity contribution in [2.75, 3.05) is 36.9 Å². The second-order valence-electron chi connectivity index (χ2n) is 8.91. The van der Waals surface area contributed by atoms with E-state index in [-0.39, 0.29) is 0 Å². The highest BCUT2D eigenvalue weighted by Crippen LogP contribution is 2.37. The van der Waals surface area contributed by atoms with Crippen molar-refractivity contribution in [2.45, 2.75) is 38.1 Å². The molecule has 2 N–H and O–H groups in total. The number of morpholine rings is 1. The van der Waals surface area contributed by atoms with Crippen LogP contribution in [0, 0.1) is 0 Å². The number of nitrogens with zero attached hydrogens (tertiary/aromatic N) is 7. The summed E-state index contributed by atoms with van der Waals surface area (Å²) in [6.45, 7) is 4.09. The van der Waals surface area contributed by atoms with Gasteiger partial charge in [-0.3, -0.25) is 9.88 Å². The summed E-state index contributed by atoms with van der Waals surface area (Å²) >= 11 is 1.62. The van der Waals surface area contributed by atoms with Crippen LogP contribution in [0.25, 0.3) is 11.0 Å². The molecular weight excluding hydrogens is 462 g/mol. The minimum absolute atomic E-state index is 0.558. The molecule has 5 heterocycles. The zero-order chi connectivity index (χ0) is 23.5. The normalized spacial score (nSPS) is 17.1. The van der Waals surface area contributed by atoms with E-state index in [9.17, 15) is 0 Å². The zero-order valence-corrected chi connectivity index (χ0v) is 20.2. The average molecular weight is 490 g/mol. The lowest BCUT2D eigenvalue weighted by Crippen LogP contribution is -2.36. The summed E-state index contributed by atoms with van der Waals surface area (Å²) in [4.78, 5) is 20.6. The first-order chi connectivity index (χ1) is 17.3. The van der Waals surface area contributed by atoms with Crippen LogP contribution in [0.15, 0.2) is 36.8 Å².